The Morgan fingerprint density at radius 2 is 0.333 bits per heavy atom. The van der Waals surface area contributed by atoms with Crippen LogP contribution in [0.15, 0.2) is 0 Å². The summed E-state index contributed by atoms with van der Waals surface area (Å²) in [5.74, 6) is 0. The van der Waals surface area contributed by atoms with Gasteiger partial charge in [-0.25, -0.2) is 0 Å². The molecule has 0 heterocycles. The first-order valence-electron chi connectivity index (χ1n) is 0. The molecule has 0 spiro atoms. The molecule has 9 heavy (non-hydrogen) atoms. The Labute approximate surface area is 83.3 Å². The number of rotatable bonds is 0. The van der Waals surface area contributed by atoms with Gasteiger partial charge in [-0.3, -0.25) is 0 Å². The van der Waals surface area contributed by atoms with Crippen molar-refractivity contribution in [1.29, 1.82) is 0 Å². The maximum atomic E-state index is 0. The minimum Gasteiger partial charge on any atom is -0.870 e. The molecule has 0 aliphatic rings. The average molecular weight is 256 g/mol. The standard InChI is InChI=1S/4H2O.4H3P.Ti/h4*1H2;4*1H3;. The Kier molecular flexibility index (Phi) is 4370. The molecule has 4 atom stereocenters. The predicted molar refractivity (Wildman–Crippen MR) is 57.7 cm³/mol. The van der Waals surface area contributed by atoms with E-state index in [1.54, 1.807) is 0 Å². The molecule has 0 amide bonds. The molecule has 0 aliphatic heterocycles. The summed E-state index contributed by atoms with van der Waals surface area (Å²) in [7, 11) is 0. The molecule has 0 saturated carbocycles. The first-order valence-corrected chi connectivity index (χ1v) is 0. The Morgan fingerprint density at radius 1 is 0.333 bits per heavy atom. The fourth-order valence-electron chi connectivity index (χ4n) is 0. The molecule has 4 nitrogen and oxygen atoms in total. The zero-order valence-corrected chi connectivity index (χ0v) is 15.9. The Hall–Kier alpha value is 2.27. The van der Waals surface area contributed by atoms with E-state index in [-0.39, 0.29) is 83.2 Å². The van der Waals surface area contributed by atoms with Gasteiger partial charge in [0.1, 0.15) is 0 Å². The summed E-state index contributed by atoms with van der Waals surface area (Å²) < 4.78 is 0. The second-order valence-electron chi connectivity index (χ2n) is 0. The fourth-order valence-corrected chi connectivity index (χ4v) is 0. The van der Waals surface area contributed by atoms with Crippen molar-refractivity contribution in [2.75, 3.05) is 0 Å². The van der Waals surface area contributed by atoms with Crippen molar-refractivity contribution in [1.82, 2.24) is 0 Å². The second kappa shape index (κ2) is 171. The summed E-state index contributed by atoms with van der Waals surface area (Å²) in [4.78, 5) is 0. The summed E-state index contributed by atoms with van der Waals surface area (Å²) in [5, 5.41) is 0. The zero-order valence-electron chi connectivity index (χ0n) is 6.29. The van der Waals surface area contributed by atoms with Crippen LogP contribution in [0.4, 0.5) is 0 Å². The van der Waals surface area contributed by atoms with Crippen molar-refractivity contribution >= 4 is 39.6 Å². The van der Waals surface area contributed by atoms with Crippen LogP contribution >= 0.6 is 39.6 Å². The van der Waals surface area contributed by atoms with Crippen molar-refractivity contribution < 1.29 is 43.6 Å². The molecule has 0 aromatic rings. The molecule has 4 unspecified atom stereocenters. The molecule has 0 aromatic heterocycles. The van der Waals surface area contributed by atoms with Gasteiger partial charge in [-0.15, -0.1) is 0 Å². The topological polar surface area (TPSA) is 120 Å². The second-order valence-corrected chi connectivity index (χ2v) is 0. The number of hydrogen-bond acceptors (Lipinski definition) is 4. The van der Waals surface area contributed by atoms with Crippen LogP contribution in [0, 0.1) is 0 Å². The Morgan fingerprint density at radius 3 is 0.333 bits per heavy atom. The van der Waals surface area contributed by atoms with Crippen LogP contribution in [0.1, 0.15) is 0 Å². The van der Waals surface area contributed by atoms with Crippen LogP contribution in [0.25, 0.3) is 0 Å². The molecule has 0 saturated heterocycles. The van der Waals surface area contributed by atoms with E-state index in [9.17, 15) is 0 Å². The van der Waals surface area contributed by atoms with Crippen LogP contribution in [-0.2, 0) is 21.7 Å². The first-order chi connectivity index (χ1) is 0. The van der Waals surface area contributed by atoms with Gasteiger partial charge in [-0.05, 0) is 39.6 Å². The molecule has 0 radical (unpaired) electrons. The minimum atomic E-state index is 0. The zero-order chi connectivity index (χ0) is 0. The molecule has 0 rings (SSSR count). The number of hydrogen-bond donors (Lipinski definition) is 0. The van der Waals surface area contributed by atoms with Gasteiger partial charge in [-0.1, -0.05) is 0 Å². The van der Waals surface area contributed by atoms with E-state index in [0.29, 0.717) is 0 Å². The molecule has 0 aromatic carbocycles. The average Bonchev–Trinajstić information content (AvgIpc) is 0. The van der Waals surface area contributed by atoms with Crippen molar-refractivity contribution in [3.05, 3.63) is 0 Å². The first kappa shape index (κ1) is 230. The molecule has 9 heteroatoms. The molecule has 4 N–H and O–H groups in total. The minimum absolute atomic E-state index is 0. The van der Waals surface area contributed by atoms with E-state index in [0.717, 1.165) is 0 Å². The van der Waals surface area contributed by atoms with Gasteiger partial charge < -0.3 is 21.9 Å². The normalized spacial score (nSPS) is 0. The monoisotopic (exact) mass is 256 g/mol. The van der Waals surface area contributed by atoms with Gasteiger partial charge >= 0.3 is 0 Å². The van der Waals surface area contributed by atoms with Crippen LogP contribution in [0.2, 0.25) is 0 Å². The maximum absolute atomic E-state index is 0. The van der Waals surface area contributed by atoms with Gasteiger partial charge in [0.2, 0.25) is 0 Å². The van der Waals surface area contributed by atoms with Crippen LogP contribution in [0.5, 0.6) is 0 Å². The van der Waals surface area contributed by atoms with Gasteiger partial charge in [0.15, 0.2) is 0 Å². The summed E-state index contributed by atoms with van der Waals surface area (Å²) in [6.07, 6.45) is 0. The van der Waals surface area contributed by atoms with Crippen LogP contribution in [0.3, 0.4) is 0 Å². The largest absolute Gasteiger partial charge is 0.870 e. The Balaban J connectivity index is 0. The van der Waals surface area contributed by atoms with Crippen LogP contribution in [-0.4, -0.2) is 21.9 Å². The van der Waals surface area contributed by atoms with E-state index >= 15 is 0 Å². The predicted octanol–water partition coefficient (Wildman–Crippen LogP) is -1.55. The van der Waals surface area contributed by atoms with Crippen molar-refractivity contribution in [2.45, 2.75) is 0 Å². The third-order valence-electron chi connectivity index (χ3n) is 0. The summed E-state index contributed by atoms with van der Waals surface area (Å²) in [5.41, 5.74) is 0. The molecule has 0 fully saturated rings. The van der Waals surface area contributed by atoms with E-state index in [2.05, 4.69) is 0 Å². The van der Waals surface area contributed by atoms with Crippen LogP contribution < -0.4 is 0 Å². The van der Waals surface area contributed by atoms with Gasteiger partial charge in [0, 0.05) is 21.7 Å². The maximum Gasteiger partial charge on any atom is 0 e. The van der Waals surface area contributed by atoms with Crippen molar-refractivity contribution in [2.24, 2.45) is 0 Å². The summed E-state index contributed by atoms with van der Waals surface area (Å²) in [6, 6.07) is 0. The third-order valence-corrected chi connectivity index (χ3v) is 0. The smallest absolute Gasteiger partial charge is 0 e. The summed E-state index contributed by atoms with van der Waals surface area (Å²) >= 11 is 0. The SMILES string of the molecule is [OH-].[OH-].[OH-].[OH-].[PH4+].[PH4+].[PH4+].[PH4+].[Ti]. The molecular formula is H20O4P4Ti. The summed E-state index contributed by atoms with van der Waals surface area (Å²) in [6.45, 7) is 0. The van der Waals surface area contributed by atoms with Crippen molar-refractivity contribution in [3.8, 4) is 0 Å². The van der Waals surface area contributed by atoms with E-state index < -0.39 is 0 Å². The van der Waals surface area contributed by atoms with E-state index in [1.807, 2.05) is 0 Å². The fraction of sp³-hybridized carbons (Fsp3) is 0. The van der Waals surface area contributed by atoms with E-state index in [4.69, 9.17) is 0 Å². The molecular weight excluding hydrogens is 236 g/mol. The van der Waals surface area contributed by atoms with Gasteiger partial charge in [0.05, 0.1) is 0 Å². The van der Waals surface area contributed by atoms with Gasteiger partial charge in [-0.2, -0.15) is 0 Å². The van der Waals surface area contributed by atoms with E-state index in [1.165, 1.54) is 0 Å². The van der Waals surface area contributed by atoms with Gasteiger partial charge in [0.25, 0.3) is 0 Å². The molecule has 0 aliphatic carbocycles. The quantitative estimate of drug-likeness (QED) is 0.384. The molecule has 0 bridgehead atoms. The molecule has 68 valence electrons. The van der Waals surface area contributed by atoms with Crippen molar-refractivity contribution in [3.63, 3.8) is 0 Å². The third kappa shape index (κ3) is 136. The Bertz CT molecular complexity index is 12.5.